The van der Waals surface area contributed by atoms with Gasteiger partial charge in [-0.3, -0.25) is 0 Å². The lowest BCUT2D eigenvalue weighted by Gasteiger charge is -2.10. The number of rotatable bonds is 6. The van der Waals surface area contributed by atoms with E-state index < -0.39 is 10.0 Å². The van der Waals surface area contributed by atoms with Gasteiger partial charge < -0.3 is 4.90 Å². The number of benzene rings is 1. The quantitative estimate of drug-likeness (QED) is 0.494. The number of nitrogens with zero attached hydrogens (tertiary/aromatic N) is 2. The normalized spacial score (nSPS) is 12.0. The highest BCUT2D eigenvalue weighted by Crippen LogP contribution is 2.25. The molecule has 0 saturated heterocycles. The summed E-state index contributed by atoms with van der Waals surface area (Å²) in [6, 6.07) is 5.10. The molecular weight excluding hydrogens is 286 g/mol. The Hall–Kier alpha value is -1.11. The molecule has 0 fully saturated rings. The molecule has 0 aromatic heterocycles. The second-order valence-electron chi connectivity index (χ2n) is 4.27. The summed E-state index contributed by atoms with van der Waals surface area (Å²) in [6.45, 7) is 2.02. The summed E-state index contributed by atoms with van der Waals surface area (Å²) < 4.78 is 26.7. The maximum Gasteiger partial charge on any atom is 0.242 e. The second kappa shape index (κ2) is 6.88. The number of halogens is 1. The van der Waals surface area contributed by atoms with Crippen molar-refractivity contribution in [2.24, 2.45) is 4.99 Å². The van der Waals surface area contributed by atoms with Crippen molar-refractivity contribution in [2.75, 3.05) is 26.5 Å². The number of nitrogens with one attached hydrogen (secondary N) is 1. The summed E-state index contributed by atoms with van der Waals surface area (Å²) in [5.41, 5.74) is 1.26. The molecule has 1 N–H and O–H groups in total. The lowest BCUT2D eigenvalue weighted by atomic mass is 10.2. The summed E-state index contributed by atoms with van der Waals surface area (Å²) in [6.07, 6.45) is 1.56. The zero-order valence-electron chi connectivity index (χ0n) is 11.2. The summed E-state index contributed by atoms with van der Waals surface area (Å²) >= 11 is 5.51. The Morgan fingerprint density at radius 1 is 1.42 bits per heavy atom. The molecule has 0 saturated carbocycles. The third kappa shape index (κ3) is 4.81. The van der Waals surface area contributed by atoms with E-state index >= 15 is 0 Å². The topological polar surface area (TPSA) is 61.8 Å². The van der Waals surface area contributed by atoms with Gasteiger partial charge in [-0.1, -0.05) is 6.07 Å². The molecule has 0 atom stereocenters. The third-order valence-corrected chi connectivity index (χ3v) is 3.90. The fourth-order valence-corrected chi connectivity index (χ4v) is 2.84. The first-order valence-corrected chi connectivity index (χ1v) is 7.75. The highest BCUT2D eigenvalue weighted by molar-refractivity contribution is 7.89. The molecule has 7 heteroatoms. The first-order chi connectivity index (χ1) is 8.86. The van der Waals surface area contributed by atoms with Crippen molar-refractivity contribution in [1.29, 1.82) is 0 Å². The van der Waals surface area contributed by atoms with Crippen LogP contribution in [0.15, 0.2) is 28.1 Å². The van der Waals surface area contributed by atoms with Crippen molar-refractivity contribution in [3.05, 3.63) is 23.8 Å². The molecule has 19 heavy (non-hydrogen) atoms. The first-order valence-electron chi connectivity index (χ1n) is 5.73. The van der Waals surface area contributed by atoms with Gasteiger partial charge in [0.15, 0.2) is 0 Å². The molecule has 106 valence electrons. The fraction of sp³-hybridized carbons (Fsp3) is 0.417. The number of hydrogen-bond donors (Lipinski definition) is 1. The SMILES string of the molecule is Cc1ccc(N=CN(C)C)c(S(=O)(=O)NCCCl)c1. The van der Waals surface area contributed by atoms with Crippen LogP contribution in [0.4, 0.5) is 5.69 Å². The average Bonchev–Trinajstić information content (AvgIpc) is 2.34. The maximum atomic E-state index is 12.2. The standard InChI is InChI=1S/C12H18ClN3O2S/c1-10-4-5-11(14-9-16(2)3)12(8-10)19(17,18)15-7-6-13/h4-5,8-9,15H,6-7H2,1-3H3. The van der Waals surface area contributed by atoms with Crippen LogP contribution in [0.1, 0.15) is 5.56 Å². The van der Waals surface area contributed by atoms with Crippen molar-refractivity contribution in [2.45, 2.75) is 11.8 Å². The maximum absolute atomic E-state index is 12.2. The van der Waals surface area contributed by atoms with Crippen LogP contribution in [-0.2, 0) is 10.0 Å². The molecule has 0 unspecified atom stereocenters. The Labute approximate surface area is 119 Å². The Bertz CT molecular complexity index is 556. The van der Waals surface area contributed by atoms with Crippen molar-refractivity contribution < 1.29 is 8.42 Å². The smallest absolute Gasteiger partial charge is 0.242 e. The lowest BCUT2D eigenvalue weighted by Crippen LogP contribution is -2.25. The number of sulfonamides is 1. The van der Waals surface area contributed by atoms with Gasteiger partial charge in [-0.2, -0.15) is 0 Å². The van der Waals surface area contributed by atoms with E-state index in [2.05, 4.69) is 9.71 Å². The number of hydrogen-bond acceptors (Lipinski definition) is 3. The second-order valence-corrected chi connectivity index (χ2v) is 6.38. The summed E-state index contributed by atoms with van der Waals surface area (Å²) in [7, 11) is 0.0440. The van der Waals surface area contributed by atoms with Gasteiger partial charge in [-0.05, 0) is 24.6 Å². The van der Waals surface area contributed by atoms with Crippen molar-refractivity contribution in [3.63, 3.8) is 0 Å². The van der Waals surface area contributed by atoms with Gasteiger partial charge in [0.2, 0.25) is 10.0 Å². The average molecular weight is 304 g/mol. The molecule has 1 aromatic rings. The molecule has 0 spiro atoms. The van der Waals surface area contributed by atoms with E-state index in [4.69, 9.17) is 11.6 Å². The van der Waals surface area contributed by atoms with Crippen LogP contribution in [0, 0.1) is 6.92 Å². The predicted octanol–water partition coefficient (Wildman–Crippen LogP) is 1.73. The molecule has 0 aliphatic carbocycles. The van der Waals surface area contributed by atoms with Gasteiger partial charge in [-0.15, -0.1) is 11.6 Å². The van der Waals surface area contributed by atoms with E-state index in [-0.39, 0.29) is 17.3 Å². The minimum atomic E-state index is -3.59. The molecule has 1 aromatic carbocycles. The Morgan fingerprint density at radius 2 is 2.11 bits per heavy atom. The molecule has 0 aliphatic rings. The zero-order valence-corrected chi connectivity index (χ0v) is 12.8. The van der Waals surface area contributed by atoms with Gasteiger partial charge in [0, 0.05) is 26.5 Å². The van der Waals surface area contributed by atoms with E-state index in [1.807, 2.05) is 27.1 Å². The molecule has 0 amide bonds. The number of aryl methyl sites for hydroxylation is 1. The van der Waals surface area contributed by atoms with Crippen LogP contribution in [0.2, 0.25) is 0 Å². The van der Waals surface area contributed by atoms with Gasteiger partial charge in [0.25, 0.3) is 0 Å². The third-order valence-electron chi connectivity index (χ3n) is 2.22. The Balaban J connectivity index is 3.21. The molecular formula is C12H18ClN3O2S. The largest absolute Gasteiger partial charge is 0.369 e. The van der Waals surface area contributed by atoms with Gasteiger partial charge >= 0.3 is 0 Å². The van der Waals surface area contributed by atoms with E-state index in [1.165, 1.54) is 0 Å². The Morgan fingerprint density at radius 3 is 2.68 bits per heavy atom. The predicted molar refractivity (Wildman–Crippen MR) is 78.9 cm³/mol. The molecule has 0 bridgehead atoms. The van der Waals surface area contributed by atoms with Crippen molar-refractivity contribution in [1.82, 2.24) is 9.62 Å². The van der Waals surface area contributed by atoms with Crippen molar-refractivity contribution >= 4 is 33.7 Å². The van der Waals surface area contributed by atoms with E-state index in [1.54, 1.807) is 23.4 Å². The molecule has 5 nitrogen and oxygen atoms in total. The van der Waals surface area contributed by atoms with Crippen molar-refractivity contribution in [3.8, 4) is 0 Å². The number of aliphatic imine (C=N–C) groups is 1. The van der Waals surface area contributed by atoms with Crippen LogP contribution in [0.3, 0.4) is 0 Å². The number of alkyl halides is 1. The molecule has 0 heterocycles. The summed E-state index contributed by atoms with van der Waals surface area (Å²) in [4.78, 5) is 6.07. The molecule has 0 radical (unpaired) electrons. The van der Waals surface area contributed by atoms with Crippen LogP contribution in [0.25, 0.3) is 0 Å². The molecule has 1 rings (SSSR count). The lowest BCUT2D eigenvalue weighted by molar-refractivity contribution is 0.584. The first kappa shape index (κ1) is 15.9. The minimum absolute atomic E-state index is 0.163. The van der Waals surface area contributed by atoms with Crippen LogP contribution in [0.5, 0.6) is 0 Å². The highest BCUT2D eigenvalue weighted by atomic mass is 35.5. The Kier molecular flexibility index (Phi) is 5.78. The van der Waals surface area contributed by atoms with Gasteiger partial charge in [0.05, 0.1) is 12.0 Å². The minimum Gasteiger partial charge on any atom is -0.369 e. The van der Waals surface area contributed by atoms with Crippen LogP contribution in [-0.4, -0.2) is 46.2 Å². The van der Waals surface area contributed by atoms with Crippen LogP contribution < -0.4 is 4.72 Å². The highest BCUT2D eigenvalue weighted by Gasteiger charge is 2.17. The summed E-state index contributed by atoms with van der Waals surface area (Å²) in [5, 5.41) is 0. The molecule has 0 aliphatic heterocycles. The zero-order chi connectivity index (χ0) is 14.5. The van der Waals surface area contributed by atoms with Crippen LogP contribution >= 0.6 is 11.6 Å². The monoisotopic (exact) mass is 303 g/mol. The van der Waals surface area contributed by atoms with E-state index in [0.717, 1.165) is 5.56 Å². The summed E-state index contributed by atoms with van der Waals surface area (Å²) in [5.74, 6) is 0.224. The fourth-order valence-electron chi connectivity index (χ4n) is 1.37. The van der Waals surface area contributed by atoms with E-state index in [9.17, 15) is 8.42 Å². The van der Waals surface area contributed by atoms with Gasteiger partial charge in [0.1, 0.15) is 4.90 Å². The van der Waals surface area contributed by atoms with Gasteiger partial charge in [-0.25, -0.2) is 18.1 Å². The van der Waals surface area contributed by atoms with E-state index in [0.29, 0.717) is 5.69 Å².